The molecule has 0 aliphatic rings. The van der Waals surface area contributed by atoms with E-state index in [9.17, 15) is 9.18 Å². The van der Waals surface area contributed by atoms with Crippen molar-refractivity contribution in [3.05, 3.63) is 59.0 Å². The standard InChI is InChI=1S/C15H16FN3O2/c1-21-15-12(3-2-6-18-15)14(20)19-9-11-5-4-10(8-17)7-13(11)16/h2-7H,8-9,17H2,1H3,(H,19,20). The first-order valence-corrected chi connectivity index (χ1v) is 6.40. The molecule has 6 heteroatoms. The molecule has 2 aromatic rings. The SMILES string of the molecule is COc1ncccc1C(=O)NCc1ccc(CN)cc1F. The molecule has 0 spiro atoms. The van der Waals surface area contributed by atoms with Crippen LogP contribution in [-0.4, -0.2) is 18.0 Å². The highest BCUT2D eigenvalue weighted by atomic mass is 19.1. The van der Waals surface area contributed by atoms with Gasteiger partial charge in [-0.2, -0.15) is 0 Å². The topological polar surface area (TPSA) is 77.2 Å². The molecule has 3 N–H and O–H groups in total. The normalized spacial score (nSPS) is 10.2. The maximum Gasteiger partial charge on any atom is 0.257 e. The zero-order valence-electron chi connectivity index (χ0n) is 11.6. The van der Waals surface area contributed by atoms with Gasteiger partial charge in [0.2, 0.25) is 5.88 Å². The van der Waals surface area contributed by atoms with Gasteiger partial charge in [0.05, 0.1) is 7.11 Å². The Morgan fingerprint density at radius 1 is 1.43 bits per heavy atom. The Kier molecular flexibility index (Phi) is 4.84. The molecule has 21 heavy (non-hydrogen) atoms. The summed E-state index contributed by atoms with van der Waals surface area (Å²) < 4.78 is 18.8. The van der Waals surface area contributed by atoms with Crippen LogP contribution >= 0.6 is 0 Å². The Morgan fingerprint density at radius 3 is 2.90 bits per heavy atom. The highest BCUT2D eigenvalue weighted by Gasteiger charge is 2.13. The molecule has 0 aliphatic heterocycles. The largest absolute Gasteiger partial charge is 0.480 e. The van der Waals surface area contributed by atoms with Gasteiger partial charge >= 0.3 is 0 Å². The van der Waals surface area contributed by atoms with Crippen LogP contribution in [0.4, 0.5) is 4.39 Å². The molecule has 1 aromatic carbocycles. The molecular formula is C15H16FN3O2. The first-order chi connectivity index (χ1) is 10.2. The van der Waals surface area contributed by atoms with Crippen molar-refractivity contribution < 1.29 is 13.9 Å². The maximum atomic E-state index is 13.8. The second-order valence-electron chi connectivity index (χ2n) is 4.37. The van der Waals surface area contributed by atoms with Gasteiger partial charge in [0.15, 0.2) is 0 Å². The number of amides is 1. The minimum Gasteiger partial charge on any atom is -0.480 e. The summed E-state index contributed by atoms with van der Waals surface area (Å²) in [5.74, 6) is -0.535. The third kappa shape index (κ3) is 3.55. The third-order valence-corrected chi connectivity index (χ3v) is 3.00. The molecule has 0 aliphatic carbocycles. The number of carbonyl (C=O) groups is 1. The van der Waals surface area contributed by atoms with Gasteiger partial charge in [-0.15, -0.1) is 0 Å². The molecule has 0 bridgehead atoms. The van der Waals surface area contributed by atoms with Crippen LogP contribution in [0, 0.1) is 5.82 Å². The number of ether oxygens (including phenoxy) is 1. The summed E-state index contributed by atoms with van der Waals surface area (Å²) in [6, 6.07) is 7.93. The van der Waals surface area contributed by atoms with Gasteiger partial charge in [-0.05, 0) is 23.8 Å². The average Bonchev–Trinajstić information content (AvgIpc) is 2.53. The first kappa shape index (κ1) is 14.9. The summed E-state index contributed by atoms with van der Waals surface area (Å²) in [6.45, 7) is 0.351. The van der Waals surface area contributed by atoms with E-state index >= 15 is 0 Å². The number of carbonyl (C=O) groups excluding carboxylic acids is 1. The number of nitrogens with two attached hydrogens (primary N) is 1. The lowest BCUT2D eigenvalue weighted by atomic mass is 10.1. The van der Waals surface area contributed by atoms with E-state index in [0.29, 0.717) is 16.7 Å². The number of halogens is 1. The Hall–Kier alpha value is -2.47. The molecule has 0 unspecified atom stereocenters. The van der Waals surface area contributed by atoms with Crippen molar-refractivity contribution in [1.29, 1.82) is 0 Å². The molecule has 0 atom stereocenters. The van der Waals surface area contributed by atoms with Gasteiger partial charge in [-0.25, -0.2) is 9.37 Å². The molecule has 1 aromatic heterocycles. The Morgan fingerprint density at radius 2 is 2.24 bits per heavy atom. The van der Waals surface area contributed by atoms with Crippen LogP contribution < -0.4 is 15.8 Å². The molecule has 2 rings (SSSR count). The molecule has 0 fully saturated rings. The number of methoxy groups -OCH3 is 1. The number of aromatic nitrogens is 1. The molecule has 1 amide bonds. The van der Waals surface area contributed by atoms with Crippen molar-refractivity contribution >= 4 is 5.91 Å². The van der Waals surface area contributed by atoms with Gasteiger partial charge in [-0.1, -0.05) is 12.1 Å². The second kappa shape index (κ2) is 6.81. The average molecular weight is 289 g/mol. The van der Waals surface area contributed by atoms with Gasteiger partial charge < -0.3 is 15.8 Å². The molecule has 0 radical (unpaired) electrons. The Labute approximate surface area is 121 Å². The zero-order valence-corrected chi connectivity index (χ0v) is 11.6. The van der Waals surface area contributed by atoms with Crippen molar-refractivity contribution in [1.82, 2.24) is 10.3 Å². The number of nitrogens with zero attached hydrogens (tertiary/aromatic N) is 1. The minimum atomic E-state index is -0.392. The lowest BCUT2D eigenvalue weighted by molar-refractivity contribution is 0.0947. The predicted octanol–water partition coefficient (Wildman–Crippen LogP) is 1.62. The fourth-order valence-electron chi connectivity index (χ4n) is 1.86. The van der Waals surface area contributed by atoms with Crippen LogP contribution in [0.2, 0.25) is 0 Å². The Balaban J connectivity index is 2.07. The summed E-state index contributed by atoms with van der Waals surface area (Å²) in [5.41, 5.74) is 6.84. The van der Waals surface area contributed by atoms with E-state index in [1.807, 2.05) is 0 Å². The summed E-state index contributed by atoms with van der Waals surface area (Å²) in [6.07, 6.45) is 1.53. The van der Waals surface area contributed by atoms with Crippen molar-refractivity contribution in [3.8, 4) is 5.88 Å². The number of benzene rings is 1. The van der Waals surface area contributed by atoms with Crippen LogP contribution in [0.25, 0.3) is 0 Å². The van der Waals surface area contributed by atoms with Crippen LogP contribution in [-0.2, 0) is 13.1 Å². The number of pyridine rings is 1. The number of nitrogens with one attached hydrogen (secondary N) is 1. The summed E-state index contributed by atoms with van der Waals surface area (Å²) in [7, 11) is 1.43. The smallest absolute Gasteiger partial charge is 0.257 e. The lowest BCUT2D eigenvalue weighted by Crippen LogP contribution is -2.24. The molecule has 0 saturated heterocycles. The van der Waals surface area contributed by atoms with Crippen molar-refractivity contribution in [3.63, 3.8) is 0 Å². The van der Waals surface area contributed by atoms with Crippen molar-refractivity contribution in [2.75, 3.05) is 7.11 Å². The third-order valence-electron chi connectivity index (χ3n) is 3.00. The van der Waals surface area contributed by atoms with Gasteiger partial charge in [0, 0.05) is 24.8 Å². The fourth-order valence-corrected chi connectivity index (χ4v) is 1.86. The molecule has 110 valence electrons. The van der Waals surface area contributed by atoms with Crippen LogP contribution in [0.5, 0.6) is 5.88 Å². The molecule has 1 heterocycles. The first-order valence-electron chi connectivity index (χ1n) is 6.40. The van der Waals surface area contributed by atoms with Crippen LogP contribution in [0.3, 0.4) is 0 Å². The van der Waals surface area contributed by atoms with E-state index in [1.54, 1.807) is 24.3 Å². The predicted molar refractivity (Wildman–Crippen MR) is 76.3 cm³/mol. The van der Waals surface area contributed by atoms with Crippen LogP contribution in [0.15, 0.2) is 36.5 Å². The quantitative estimate of drug-likeness (QED) is 0.877. The van der Waals surface area contributed by atoms with Crippen LogP contribution in [0.1, 0.15) is 21.5 Å². The van der Waals surface area contributed by atoms with E-state index in [2.05, 4.69) is 10.3 Å². The number of rotatable bonds is 5. The van der Waals surface area contributed by atoms with E-state index in [-0.39, 0.29) is 24.9 Å². The highest BCUT2D eigenvalue weighted by Crippen LogP contribution is 2.14. The summed E-state index contributed by atoms with van der Waals surface area (Å²) >= 11 is 0. The van der Waals surface area contributed by atoms with E-state index < -0.39 is 5.82 Å². The highest BCUT2D eigenvalue weighted by molar-refractivity contribution is 5.96. The molecule has 0 saturated carbocycles. The van der Waals surface area contributed by atoms with Crippen molar-refractivity contribution in [2.45, 2.75) is 13.1 Å². The second-order valence-corrected chi connectivity index (χ2v) is 4.37. The number of hydrogen-bond acceptors (Lipinski definition) is 4. The molecular weight excluding hydrogens is 273 g/mol. The van der Waals surface area contributed by atoms with Gasteiger partial charge in [0.25, 0.3) is 5.91 Å². The lowest BCUT2D eigenvalue weighted by Gasteiger charge is -2.09. The molecule has 5 nitrogen and oxygen atoms in total. The number of hydrogen-bond donors (Lipinski definition) is 2. The van der Waals surface area contributed by atoms with Gasteiger partial charge in [0.1, 0.15) is 11.4 Å². The maximum absolute atomic E-state index is 13.8. The van der Waals surface area contributed by atoms with E-state index in [1.165, 1.54) is 19.4 Å². The van der Waals surface area contributed by atoms with Crippen molar-refractivity contribution in [2.24, 2.45) is 5.73 Å². The fraction of sp³-hybridized carbons (Fsp3) is 0.200. The zero-order chi connectivity index (χ0) is 15.2. The monoisotopic (exact) mass is 289 g/mol. The Bertz CT molecular complexity index is 647. The van der Waals surface area contributed by atoms with E-state index in [4.69, 9.17) is 10.5 Å². The summed E-state index contributed by atoms with van der Waals surface area (Å²) in [4.78, 5) is 16.0. The minimum absolute atomic E-state index is 0.0770. The summed E-state index contributed by atoms with van der Waals surface area (Å²) in [5, 5.41) is 2.64. The van der Waals surface area contributed by atoms with E-state index in [0.717, 1.165) is 0 Å². The van der Waals surface area contributed by atoms with Gasteiger partial charge in [-0.3, -0.25) is 4.79 Å².